The number of carbonyl (C=O) groups is 1. The van der Waals surface area contributed by atoms with E-state index >= 15 is 0 Å². The summed E-state index contributed by atoms with van der Waals surface area (Å²) in [5.41, 5.74) is 2.30. The summed E-state index contributed by atoms with van der Waals surface area (Å²) in [5, 5.41) is 2.96. The molecule has 0 radical (unpaired) electrons. The average Bonchev–Trinajstić information content (AvgIpc) is 2.79. The number of allylic oxidation sites excluding steroid dienone is 2. The van der Waals surface area contributed by atoms with Gasteiger partial charge in [-0.3, -0.25) is 4.79 Å². The van der Waals surface area contributed by atoms with E-state index in [1.807, 2.05) is 25.1 Å². The van der Waals surface area contributed by atoms with Crippen molar-refractivity contribution in [2.75, 3.05) is 5.32 Å². The van der Waals surface area contributed by atoms with Crippen molar-refractivity contribution >= 4 is 22.7 Å². The third-order valence-electron chi connectivity index (χ3n) is 3.40. The molecule has 1 aromatic heterocycles. The fourth-order valence-electron chi connectivity index (χ4n) is 2.40. The van der Waals surface area contributed by atoms with Gasteiger partial charge in [0.1, 0.15) is 5.52 Å². The van der Waals surface area contributed by atoms with E-state index in [1.54, 1.807) is 0 Å². The Bertz CT molecular complexity index is 643. The number of carbonyl (C=O) groups excluding carboxylic acids is 1. The van der Waals surface area contributed by atoms with E-state index in [0.717, 1.165) is 36.0 Å². The number of rotatable bonds is 2. The zero-order valence-electron chi connectivity index (χ0n) is 10.8. The van der Waals surface area contributed by atoms with Crippen molar-refractivity contribution in [3.05, 3.63) is 36.2 Å². The number of aryl methyl sites for hydroxylation is 1. The van der Waals surface area contributed by atoms with Crippen molar-refractivity contribution in [1.82, 2.24) is 4.98 Å². The smallest absolute Gasteiger partial charge is 0.227 e. The van der Waals surface area contributed by atoms with Crippen LogP contribution < -0.4 is 5.32 Å². The first-order valence-corrected chi connectivity index (χ1v) is 6.55. The van der Waals surface area contributed by atoms with Crippen LogP contribution in [-0.2, 0) is 4.79 Å². The van der Waals surface area contributed by atoms with Crippen LogP contribution in [0.4, 0.5) is 5.69 Å². The highest BCUT2D eigenvalue weighted by atomic mass is 16.3. The van der Waals surface area contributed by atoms with Crippen molar-refractivity contribution in [2.45, 2.75) is 26.2 Å². The molecule has 0 bridgehead atoms. The van der Waals surface area contributed by atoms with Crippen molar-refractivity contribution in [2.24, 2.45) is 5.92 Å². The number of fused-ring (bicyclic) bond motifs is 1. The summed E-state index contributed by atoms with van der Waals surface area (Å²) in [5.74, 6) is 0.805. The van der Waals surface area contributed by atoms with Crippen molar-refractivity contribution in [3.63, 3.8) is 0 Å². The van der Waals surface area contributed by atoms with Gasteiger partial charge < -0.3 is 9.73 Å². The van der Waals surface area contributed by atoms with E-state index in [4.69, 9.17) is 4.42 Å². The molecule has 19 heavy (non-hydrogen) atoms. The number of benzene rings is 1. The average molecular weight is 256 g/mol. The molecule has 0 unspecified atom stereocenters. The Morgan fingerprint density at radius 2 is 2.32 bits per heavy atom. The molecule has 0 saturated carbocycles. The second kappa shape index (κ2) is 4.88. The third-order valence-corrected chi connectivity index (χ3v) is 3.40. The molecular weight excluding hydrogens is 240 g/mol. The third kappa shape index (κ3) is 2.52. The van der Waals surface area contributed by atoms with Gasteiger partial charge in [0.05, 0.1) is 0 Å². The van der Waals surface area contributed by atoms with Crippen LogP contribution in [0.3, 0.4) is 0 Å². The van der Waals surface area contributed by atoms with Gasteiger partial charge in [-0.15, -0.1) is 0 Å². The first-order chi connectivity index (χ1) is 9.22. The summed E-state index contributed by atoms with van der Waals surface area (Å²) >= 11 is 0. The minimum absolute atomic E-state index is 0.0831. The van der Waals surface area contributed by atoms with Crippen LogP contribution in [-0.4, -0.2) is 10.9 Å². The molecule has 4 heteroatoms. The molecule has 1 heterocycles. The van der Waals surface area contributed by atoms with Crippen LogP contribution in [0.25, 0.3) is 11.1 Å². The van der Waals surface area contributed by atoms with Crippen molar-refractivity contribution in [3.8, 4) is 0 Å². The largest absolute Gasteiger partial charge is 0.441 e. The molecule has 3 rings (SSSR count). The molecule has 0 aliphatic heterocycles. The Morgan fingerprint density at radius 3 is 3.11 bits per heavy atom. The molecule has 1 aromatic carbocycles. The van der Waals surface area contributed by atoms with Gasteiger partial charge in [0.25, 0.3) is 0 Å². The van der Waals surface area contributed by atoms with Gasteiger partial charge in [0.15, 0.2) is 11.5 Å². The highest BCUT2D eigenvalue weighted by Crippen LogP contribution is 2.23. The second-order valence-electron chi connectivity index (χ2n) is 4.89. The summed E-state index contributed by atoms with van der Waals surface area (Å²) in [6.45, 7) is 1.81. The van der Waals surface area contributed by atoms with E-state index in [0.29, 0.717) is 5.89 Å². The number of nitrogens with one attached hydrogen (secondary N) is 1. The quantitative estimate of drug-likeness (QED) is 0.837. The van der Waals surface area contributed by atoms with Crippen LogP contribution in [0, 0.1) is 12.8 Å². The number of amides is 1. The number of hydrogen-bond acceptors (Lipinski definition) is 3. The Hall–Kier alpha value is -2.10. The minimum atomic E-state index is 0.0831. The molecule has 1 N–H and O–H groups in total. The lowest BCUT2D eigenvalue weighted by atomic mass is 9.93. The van der Waals surface area contributed by atoms with Gasteiger partial charge >= 0.3 is 0 Å². The minimum Gasteiger partial charge on any atom is -0.441 e. The fraction of sp³-hybridized carbons (Fsp3) is 0.333. The zero-order chi connectivity index (χ0) is 13.2. The van der Waals surface area contributed by atoms with E-state index in [-0.39, 0.29) is 11.8 Å². The number of hydrogen-bond donors (Lipinski definition) is 1. The summed E-state index contributed by atoms with van der Waals surface area (Å²) in [6.07, 6.45) is 6.95. The maximum Gasteiger partial charge on any atom is 0.227 e. The Kier molecular flexibility index (Phi) is 3.07. The van der Waals surface area contributed by atoms with Gasteiger partial charge in [-0.1, -0.05) is 12.2 Å². The summed E-state index contributed by atoms with van der Waals surface area (Å²) in [4.78, 5) is 16.4. The molecule has 0 fully saturated rings. The number of aromatic nitrogens is 1. The van der Waals surface area contributed by atoms with Crippen LogP contribution in [0.15, 0.2) is 34.8 Å². The van der Waals surface area contributed by atoms with Gasteiger partial charge in [-0.25, -0.2) is 4.98 Å². The summed E-state index contributed by atoms with van der Waals surface area (Å²) < 4.78 is 5.41. The molecule has 0 saturated heterocycles. The number of oxazole rings is 1. The van der Waals surface area contributed by atoms with Gasteiger partial charge in [-0.2, -0.15) is 0 Å². The zero-order valence-corrected chi connectivity index (χ0v) is 10.8. The second-order valence-corrected chi connectivity index (χ2v) is 4.89. The normalized spacial score (nSPS) is 18.7. The topological polar surface area (TPSA) is 55.1 Å². The van der Waals surface area contributed by atoms with Crippen LogP contribution in [0.1, 0.15) is 25.2 Å². The number of nitrogens with zero attached hydrogens (tertiary/aromatic N) is 1. The van der Waals surface area contributed by atoms with Gasteiger partial charge in [0, 0.05) is 18.5 Å². The van der Waals surface area contributed by atoms with Gasteiger partial charge in [0.2, 0.25) is 5.91 Å². The molecule has 1 aliphatic rings. The first kappa shape index (κ1) is 12.0. The highest BCUT2D eigenvalue weighted by Gasteiger charge is 2.18. The van der Waals surface area contributed by atoms with Crippen LogP contribution in [0.2, 0.25) is 0 Å². The van der Waals surface area contributed by atoms with Crippen LogP contribution >= 0.6 is 0 Å². The van der Waals surface area contributed by atoms with E-state index in [1.165, 1.54) is 0 Å². The molecule has 2 aromatic rings. The number of anilines is 1. The molecule has 1 amide bonds. The molecule has 1 atom stereocenters. The Morgan fingerprint density at radius 1 is 1.42 bits per heavy atom. The van der Waals surface area contributed by atoms with E-state index < -0.39 is 0 Å². The van der Waals surface area contributed by atoms with Gasteiger partial charge in [-0.05, 0) is 37.5 Å². The molecule has 0 spiro atoms. The maximum absolute atomic E-state index is 12.1. The van der Waals surface area contributed by atoms with Crippen LogP contribution in [0.5, 0.6) is 0 Å². The van der Waals surface area contributed by atoms with Crippen molar-refractivity contribution < 1.29 is 9.21 Å². The predicted molar refractivity (Wildman–Crippen MR) is 73.9 cm³/mol. The molecule has 1 aliphatic carbocycles. The Balaban J connectivity index is 1.76. The molecule has 98 valence electrons. The molecule has 4 nitrogen and oxygen atoms in total. The fourth-order valence-corrected chi connectivity index (χ4v) is 2.40. The maximum atomic E-state index is 12.1. The lowest BCUT2D eigenvalue weighted by Crippen LogP contribution is -2.23. The summed E-state index contributed by atoms with van der Waals surface area (Å²) in [6, 6.07) is 5.54. The lowest BCUT2D eigenvalue weighted by molar-refractivity contribution is -0.120. The standard InChI is InChI=1S/C15H16N2O2/c1-10-16-13-9-12(7-8-14(13)19-10)17-15(18)11-5-3-2-4-6-11/h2-3,7-9,11H,4-6H2,1H3,(H,17,18)/t11-/m1/s1. The summed E-state index contributed by atoms with van der Waals surface area (Å²) in [7, 11) is 0. The monoisotopic (exact) mass is 256 g/mol. The lowest BCUT2D eigenvalue weighted by Gasteiger charge is -2.17. The predicted octanol–water partition coefficient (Wildman–Crippen LogP) is 3.43. The molecular formula is C15H16N2O2. The van der Waals surface area contributed by atoms with Crippen molar-refractivity contribution in [1.29, 1.82) is 0 Å². The highest BCUT2D eigenvalue weighted by molar-refractivity contribution is 5.94. The van der Waals surface area contributed by atoms with E-state index in [9.17, 15) is 4.79 Å². The SMILES string of the molecule is Cc1nc2cc(NC(=O)[C@@H]3CC=CCC3)ccc2o1. The Labute approximate surface area is 111 Å². The first-order valence-electron chi connectivity index (χ1n) is 6.55. The van der Waals surface area contributed by atoms with E-state index in [2.05, 4.69) is 22.5 Å².